The summed E-state index contributed by atoms with van der Waals surface area (Å²) in [6, 6.07) is 2.04. The Morgan fingerprint density at radius 1 is 1.35 bits per heavy atom. The molecule has 0 aliphatic rings. The van der Waals surface area contributed by atoms with Crippen LogP contribution in [-0.4, -0.2) is 26.8 Å². The number of nitrogens with zero attached hydrogens (tertiary/aromatic N) is 4. The molecule has 2 aromatic heterocycles. The van der Waals surface area contributed by atoms with Crippen LogP contribution in [0.25, 0.3) is 0 Å². The van der Waals surface area contributed by atoms with Crippen LogP contribution in [0.4, 0.5) is 5.82 Å². The molecule has 0 radical (unpaired) electrons. The lowest BCUT2D eigenvalue weighted by atomic mass is 10.4. The van der Waals surface area contributed by atoms with Crippen LogP contribution in [0.1, 0.15) is 19.9 Å². The van der Waals surface area contributed by atoms with Gasteiger partial charge >= 0.3 is 0 Å². The third-order valence-electron chi connectivity index (χ3n) is 2.23. The summed E-state index contributed by atoms with van der Waals surface area (Å²) in [7, 11) is 1.79. The van der Waals surface area contributed by atoms with Crippen LogP contribution in [-0.2, 0) is 0 Å². The van der Waals surface area contributed by atoms with Gasteiger partial charge in [0.2, 0.25) is 5.88 Å². The zero-order chi connectivity index (χ0) is 12.3. The molecule has 0 spiro atoms. The Bertz CT molecular complexity index is 494. The molecule has 0 atom stereocenters. The maximum absolute atomic E-state index is 5.58. The van der Waals surface area contributed by atoms with Crippen LogP contribution in [0.15, 0.2) is 24.8 Å². The third-order valence-corrected chi connectivity index (χ3v) is 2.23. The average Bonchev–Trinajstić information content (AvgIpc) is 2.78. The molecule has 0 aliphatic carbocycles. The smallest absolute Gasteiger partial charge is 0.224 e. The van der Waals surface area contributed by atoms with Gasteiger partial charge in [-0.1, -0.05) is 0 Å². The van der Waals surface area contributed by atoms with Crippen molar-refractivity contribution in [3.05, 3.63) is 24.8 Å². The summed E-state index contributed by atoms with van der Waals surface area (Å²) in [6.45, 7) is 4.11. The van der Waals surface area contributed by atoms with Gasteiger partial charge in [-0.25, -0.2) is 9.97 Å². The first-order valence-electron chi connectivity index (χ1n) is 5.41. The summed E-state index contributed by atoms with van der Waals surface area (Å²) in [6.07, 6.45) is 4.96. The first-order chi connectivity index (χ1) is 8.19. The van der Waals surface area contributed by atoms with Crippen LogP contribution >= 0.6 is 0 Å². The minimum Gasteiger partial charge on any atom is -0.436 e. The highest BCUT2D eigenvalue weighted by Gasteiger charge is 2.05. The Hall–Kier alpha value is -2.11. The van der Waals surface area contributed by atoms with Gasteiger partial charge in [-0.15, -0.1) is 0 Å². The molecular weight excluding hydrogens is 218 g/mol. The second-order valence-corrected chi connectivity index (χ2v) is 3.84. The minimum absolute atomic E-state index is 0.311. The van der Waals surface area contributed by atoms with Crippen LogP contribution in [0.5, 0.6) is 11.6 Å². The van der Waals surface area contributed by atoms with E-state index in [1.165, 1.54) is 6.33 Å². The fourth-order valence-electron chi connectivity index (χ4n) is 1.31. The SMILES string of the molecule is CNc1cc(Oc2cnn(C(C)C)c2)ncn1. The van der Waals surface area contributed by atoms with E-state index in [0.29, 0.717) is 23.5 Å². The van der Waals surface area contributed by atoms with Gasteiger partial charge in [0.1, 0.15) is 12.1 Å². The Morgan fingerprint density at radius 2 is 2.18 bits per heavy atom. The van der Waals surface area contributed by atoms with Gasteiger partial charge in [0.05, 0.1) is 12.4 Å². The Labute approximate surface area is 99.7 Å². The molecular formula is C11H15N5O. The molecule has 2 heterocycles. The molecule has 2 rings (SSSR count). The van der Waals surface area contributed by atoms with Crippen LogP contribution in [0, 0.1) is 0 Å². The molecule has 0 aromatic carbocycles. The topological polar surface area (TPSA) is 64.9 Å². The van der Waals surface area contributed by atoms with Gasteiger partial charge in [0.25, 0.3) is 0 Å². The summed E-state index contributed by atoms with van der Waals surface area (Å²) >= 11 is 0. The number of hydrogen-bond donors (Lipinski definition) is 1. The molecule has 0 amide bonds. The second-order valence-electron chi connectivity index (χ2n) is 3.84. The van der Waals surface area contributed by atoms with Crippen molar-refractivity contribution in [1.82, 2.24) is 19.7 Å². The molecule has 0 fully saturated rings. The lowest BCUT2D eigenvalue weighted by Gasteiger charge is -2.04. The Balaban J connectivity index is 2.13. The number of nitrogens with one attached hydrogen (secondary N) is 1. The maximum atomic E-state index is 5.58. The molecule has 0 unspecified atom stereocenters. The fourth-order valence-corrected chi connectivity index (χ4v) is 1.31. The number of anilines is 1. The van der Waals surface area contributed by atoms with Gasteiger partial charge in [-0.2, -0.15) is 5.10 Å². The van der Waals surface area contributed by atoms with E-state index in [1.54, 1.807) is 19.3 Å². The fraction of sp³-hybridized carbons (Fsp3) is 0.364. The van der Waals surface area contributed by atoms with E-state index in [4.69, 9.17) is 4.74 Å². The number of aromatic nitrogens is 4. The van der Waals surface area contributed by atoms with Crippen molar-refractivity contribution >= 4 is 5.82 Å². The summed E-state index contributed by atoms with van der Waals surface area (Å²) < 4.78 is 7.41. The van der Waals surface area contributed by atoms with Gasteiger partial charge in [-0.3, -0.25) is 4.68 Å². The van der Waals surface area contributed by atoms with E-state index in [0.717, 1.165) is 0 Å². The summed E-state index contributed by atoms with van der Waals surface area (Å²) in [5.41, 5.74) is 0. The average molecular weight is 233 g/mol. The Morgan fingerprint density at radius 3 is 2.82 bits per heavy atom. The summed E-state index contributed by atoms with van der Waals surface area (Å²) in [5, 5.41) is 7.11. The lowest BCUT2D eigenvalue weighted by Crippen LogP contribution is -1.99. The van der Waals surface area contributed by atoms with E-state index in [2.05, 4.69) is 34.2 Å². The van der Waals surface area contributed by atoms with Gasteiger partial charge in [0, 0.05) is 19.2 Å². The molecule has 0 saturated carbocycles. The molecule has 0 bridgehead atoms. The van der Waals surface area contributed by atoms with E-state index in [1.807, 2.05) is 10.9 Å². The van der Waals surface area contributed by atoms with E-state index in [9.17, 15) is 0 Å². The first kappa shape index (κ1) is 11.4. The normalized spacial score (nSPS) is 10.6. The maximum Gasteiger partial charge on any atom is 0.224 e. The van der Waals surface area contributed by atoms with E-state index in [-0.39, 0.29) is 0 Å². The molecule has 6 nitrogen and oxygen atoms in total. The zero-order valence-electron chi connectivity index (χ0n) is 10.1. The van der Waals surface area contributed by atoms with Crippen molar-refractivity contribution in [2.24, 2.45) is 0 Å². The van der Waals surface area contributed by atoms with Crippen molar-refractivity contribution < 1.29 is 4.74 Å². The third kappa shape index (κ3) is 2.72. The number of ether oxygens (including phenoxy) is 1. The highest BCUT2D eigenvalue weighted by molar-refractivity contribution is 5.37. The van der Waals surface area contributed by atoms with Crippen LogP contribution in [0.2, 0.25) is 0 Å². The highest BCUT2D eigenvalue weighted by atomic mass is 16.5. The molecule has 90 valence electrons. The first-order valence-corrected chi connectivity index (χ1v) is 5.41. The van der Waals surface area contributed by atoms with Gasteiger partial charge < -0.3 is 10.1 Å². The standard InChI is InChI=1S/C11H15N5O/c1-8(2)16-6-9(5-15-16)17-11-4-10(12-3)13-7-14-11/h4-8H,1-3H3,(H,12,13,14). The highest BCUT2D eigenvalue weighted by Crippen LogP contribution is 2.20. The van der Waals surface area contributed by atoms with E-state index < -0.39 is 0 Å². The quantitative estimate of drug-likeness (QED) is 0.875. The van der Waals surface area contributed by atoms with Crippen LogP contribution < -0.4 is 10.1 Å². The minimum atomic E-state index is 0.311. The summed E-state index contributed by atoms with van der Waals surface area (Å²) in [4.78, 5) is 8.04. The molecule has 0 aliphatic heterocycles. The molecule has 6 heteroatoms. The number of rotatable bonds is 4. The zero-order valence-corrected chi connectivity index (χ0v) is 10.1. The molecule has 1 N–H and O–H groups in total. The number of hydrogen-bond acceptors (Lipinski definition) is 5. The molecule has 17 heavy (non-hydrogen) atoms. The molecule has 2 aromatic rings. The van der Waals surface area contributed by atoms with Crippen LogP contribution in [0.3, 0.4) is 0 Å². The summed E-state index contributed by atoms with van der Waals surface area (Å²) in [5.74, 6) is 1.87. The lowest BCUT2D eigenvalue weighted by molar-refractivity contribution is 0.458. The predicted octanol–water partition coefficient (Wildman–Crippen LogP) is 2.09. The Kier molecular flexibility index (Phi) is 3.22. The molecule has 0 saturated heterocycles. The van der Waals surface area contributed by atoms with Crippen molar-refractivity contribution in [2.75, 3.05) is 12.4 Å². The van der Waals surface area contributed by atoms with Gasteiger partial charge in [-0.05, 0) is 13.8 Å². The van der Waals surface area contributed by atoms with Gasteiger partial charge in [0.15, 0.2) is 5.75 Å². The second kappa shape index (κ2) is 4.82. The van der Waals surface area contributed by atoms with Crippen molar-refractivity contribution in [2.45, 2.75) is 19.9 Å². The predicted molar refractivity (Wildman–Crippen MR) is 64.3 cm³/mol. The monoisotopic (exact) mass is 233 g/mol. The van der Waals surface area contributed by atoms with E-state index >= 15 is 0 Å². The van der Waals surface area contributed by atoms with Crippen molar-refractivity contribution in [3.8, 4) is 11.6 Å². The van der Waals surface area contributed by atoms with Crippen molar-refractivity contribution in [3.63, 3.8) is 0 Å². The largest absolute Gasteiger partial charge is 0.436 e. The van der Waals surface area contributed by atoms with Crippen molar-refractivity contribution in [1.29, 1.82) is 0 Å².